The van der Waals surface area contributed by atoms with Gasteiger partial charge in [-0.25, -0.2) is 9.37 Å². The zero-order valence-corrected chi connectivity index (χ0v) is 20.1. The van der Waals surface area contributed by atoms with E-state index < -0.39 is 5.91 Å². The average molecular weight is 492 g/mol. The molecule has 0 N–H and O–H groups in total. The molecular formula is C26H22FN3O4S. The summed E-state index contributed by atoms with van der Waals surface area (Å²) in [6.45, 7) is 0. The highest BCUT2D eigenvalue weighted by atomic mass is 32.1. The van der Waals surface area contributed by atoms with Crippen molar-refractivity contribution in [3.63, 3.8) is 0 Å². The number of carbonyl (C=O) groups is 1. The number of hydrogen-bond acceptors (Lipinski definition) is 7. The van der Waals surface area contributed by atoms with E-state index in [0.717, 1.165) is 16.9 Å². The number of hydrazone groups is 1. The number of halogens is 1. The van der Waals surface area contributed by atoms with E-state index >= 15 is 0 Å². The lowest BCUT2D eigenvalue weighted by Crippen LogP contribution is -2.23. The van der Waals surface area contributed by atoms with Crippen LogP contribution in [-0.2, 0) is 4.79 Å². The summed E-state index contributed by atoms with van der Waals surface area (Å²) in [6.07, 6.45) is 4.59. The Morgan fingerprint density at radius 1 is 0.971 bits per heavy atom. The van der Waals surface area contributed by atoms with Crippen molar-refractivity contribution < 1.29 is 23.4 Å². The number of aromatic nitrogens is 1. The fourth-order valence-electron chi connectivity index (χ4n) is 3.28. The highest BCUT2D eigenvalue weighted by molar-refractivity contribution is 7.22. The second kappa shape index (κ2) is 10.8. The first-order valence-electron chi connectivity index (χ1n) is 10.5. The monoisotopic (exact) mass is 491 g/mol. The zero-order valence-electron chi connectivity index (χ0n) is 19.3. The molecule has 178 valence electrons. The molecular weight excluding hydrogens is 469 g/mol. The minimum absolute atomic E-state index is 0.303. The molecule has 3 aromatic carbocycles. The number of ether oxygens (including phenoxy) is 3. The van der Waals surface area contributed by atoms with Crippen molar-refractivity contribution in [2.24, 2.45) is 5.10 Å². The quantitative estimate of drug-likeness (QED) is 0.184. The van der Waals surface area contributed by atoms with Crippen molar-refractivity contribution in [1.82, 2.24) is 4.98 Å². The second-order valence-electron chi connectivity index (χ2n) is 7.21. The zero-order chi connectivity index (χ0) is 24.8. The van der Waals surface area contributed by atoms with E-state index in [1.807, 2.05) is 30.3 Å². The second-order valence-corrected chi connectivity index (χ2v) is 8.21. The fourth-order valence-corrected chi connectivity index (χ4v) is 4.23. The van der Waals surface area contributed by atoms with E-state index in [-0.39, 0.29) is 5.82 Å². The maximum Gasteiger partial charge on any atom is 0.273 e. The van der Waals surface area contributed by atoms with Gasteiger partial charge in [-0.05, 0) is 42.0 Å². The van der Waals surface area contributed by atoms with Gasteiger partial charge in [0.15, 0.2) is 11.5 Å². The van der Waals surface area contributed by atoms with Crippen molar-refractivity contribution in [2.45, 2.75) is 0 Å². The van der Waals surface area contributed by atoms with Gasteiger partial charge in [0, 0.05) is 11.6 Å². The Morgan fingerprint density at radius 3 is 2.34 bits per heavy atom. The van der Waals surface area contributed by atoms with Crippen LogP contribution in [0.5, 0.6) is 17.2 Å². The number of amides is 1. The molecule has 0 bridgehead atoms. The summed E-state index contributed by atoms with van der Waals surface area (Å²) in [5, 5.41) is 5.88. The molecule has 0 unspecified atom stereocenters. The third kappa shape index (κ3) is 5.47. The SMILES string of the molecule is COc1cc(/C=N/N(C(=O)/C=C/c2ccccc2)c2nc3ccc(F)cc3s2)cc(OC)c1OC. The molecule has 0 spiro atoms. The summed E-state index contributed by atoms with van der Waals surface area (Å²) in [7, 11) is 4.55. The number of anilines is 1. The van der Waals surface area contributed by atoms with Crippen molar-refractivity contribution in [2.75, 3.05) is 26.3 Å². The minimum atomic E-state index is -0.419. The number of hydrogen-bond donors (Lipinski definition) is 0. The summed E-state index contributed by atoms with van der Waals surface area (Å²) in [5.41, 5.74) is 2.04. The summed E-state index contributed by atoms with van der Waals surface area (Å²) < 4.78 is 30.5. The average Bonchev–Trinajstić information content (AvgIpc) is 3.30. The first-order chi connectivity index (χ1) is 17.0. The minimum Gasteiger partial charge on any atom is -0.493 e. The van der Waals surface area contributed by atoms with Crippen molar-refractivity contribution in [3.05, 3.63) is 83.7 Å². The van der Waals surface area contributed by atoms with Crippen LogP contribution < -0.4 is 19.2 Å². The third-order valence-corrected chi connectivity index (χ3v) is 5.95. The Labute approximate surface area is 205 Å². The third-order valence-electron chi connectivity index (χ3n) is 4.96. The van der Waals surface area contributed by atoms with Crippen LogP contribution in [0.3, 0.4) is 0 Å². The molecule has 0 radical (unpaired) electrons. The molecule has 7 nitrogen and oxygen atoms in total. The maximum absolute atomic E-state index is 13.7. The van der Waals surface area contributed by atoms with Gasteiger partial charge in [0.25, 0.3) is 5.91 Å². The van der Waals surface area contributed by atoms with Gasteiger partial charge in [0.2, 0.25) is 10.9 Å². The maximum atomic E-state index is 13.7. The van der Waals surface area contributed by atoms with Gasteiger partial charge in [0.1, 0.15) is 5.82 Å². The lowest BCUT2D eigenvalue weighted by atomic mass is 10.2. The van der Waals surface area contributed by atoms with Gasteiger partial charge in [-0.2, -0.15) is 10.1 Å². The Morgan fingerprint density at radius 2 is 1.69 bits per heavy atom. The van der Waals surface area contributed by atoms with Gasteiger partial charge in [-0.15, -0.1) is 0 Å². The standard InChI is InChI=1S/C26H22FN3O4S/c1-32-21-13-18(14-22(33-2)25(21)34-3)16-28-30(24(31)12-9-17-7-5-4-6-8-17)26-29-20-11-10-19(27)15-23(20)35-26/h4-16H,1-3H3/b12-9+,28-16+. The van der Waals surface area contributed by atoms with Crippen LogP contribution in [0.15, 0.2) is 71.8 Å². The summed E-state index contributed by atoms with van der Waals surface area (Å²) in [6, 6.07) is 17.1. The van der Waals surface area contributed by atoms with Gasteiger partial charge in [-0.1, -0.05) is 41.7 Å². The molecule has 0 atom stereocenters. The van der Waals surface area contributed by atoms with E-state index in [4.69, 9.17) is 14.2 Å². The summed E-state index contributed by atoms with van der Waals surface area (Å²) in [5.74, 6) is 0.544. The molecule has 0 aliphatic rings. The molecule has 1 aromatic heterocycles. The van der Waals surface area contributed by atoms with Crippen molar-refractivity contribution >= 4 is 44.9 Å². The van der Waals surface area contributed by atoms with E-state index in [0.29, 0.717) is 38.2 Å². The van der Waals surface area contributed by atoms with Crippen LogP contribution in [0.25, 0.3) is 16.3 Å². The van der Waals surface area contributed by atoms with Gasteiger partial charge in [0.05, 0.1) is 37.8 Å². The van der Waals surface area contributed by atoms with Crippen molar-refractivity contribution in [1.29, 1.82) is 0 Å². The molecule has 4 rings (SSSR count). The topological polar surface area (TPSA) is 73.2 Å². The first-order valence-corrected chi connectivity index (χ1v) is 11.3. The summed E-state index contributed by atoms with van der Waals surface area (Å²) >= 11 is 1.16. The Hall–Kier alpha value is -4.24. The number of rotatable bonds is 8. The van der Waals surface area contributed by atoms with Crippen molar-refractivity contribution in [3.8, 4) is 17.2 Å². The molecule has 0 aliphatic carbocycles. The largest absolute Gasteiger partial charge is 0.493 e. The lowest BCUT2D eigenvalue weighted by Gasteiger charge is -2.14. The molecule has 1 heterocycles. The number of thiazole rings is 1. The van der Waals surface area contributed by atoms with Gasteiger partial charge < -0.3 is 14.2 Å². The molecule has 4 aromatic rings. The van der Waals surface area contributed by atoms with Gasteiger partial charge >= 0.3 is 0 Å². The van der Waals surface area contributed by atoms with E-state index in [2.05, 4.69) is 10.1 Å². The molecule has 1 amide bonds. The van der Waals surface area contributed by atoms with Crippen LogP contribution in [0.4, 0.5) is 9.52 Å². The lowest BCUT2D eigenvalue weighted by molar-refractivity contribution is -0.114. The first kappa shape index (κ1) is 23.9. The predicted octanol–water partition coefficient (Wildman–Crippen LogP) is 5.54. The van der Waals surface area contributed by atoms with Crippen LogP contribution >= 0.6 is 11.3 Å². The number of carbonyl (C=O) groups excluding carboxylic acids is 1. The number of benzene rings is 3. The Balaban J connectivity index is 1.73. The van der Waals surface area contributed by atoms with Crippen LogP contribution in [0, 0.1) is 5.82 Å². The normalized spacial score (nSPS) is 11.3. The number of fused-ring (bicyclic) bond motifs is 1. The highest BCUT2D eigenvalue weighted by Crippen LogP contribution is 2.38. The van der Waals surface area contributed by atoms with Gasteiger partial charge in [-0.3, -0.25) is 4.79 Å². The predicted molar refractivity (Wildman–Crippen MR) is 136 cm³/mol. The molecule has 0 saturated heterocycles. The van der Waals surface area contributed by atoms with Crippen LogP contribution in [0.2, 0.25) is 0 Å². The highest BCUT2D eigenvalue weighted by Gasteiger charge is 2.18. The molecule has 9 heteroatoms. The fraction of sp³-hybridized carbons (Fsp3) is 0.115. The molecule has 0 saturated carbocycles. The smallest absolute Gasteiger partial charge is 0.273 e. The van der Waals surface area contributed by atoms with E-state index in [1.54, 1.807) is 24.3 Å². The Kier molecular flexibility index (Phi) is 7.37. The number of nitrogens with zero attached hydrogens (tertiary/aromatic N) is 3. The number of methoxy groups -OCH3 is 3. The van der Waals surface area contributed by atoms with Crippen LogP contribution in [-0.4, -0.2) is 38.4 Å². The Bertz CT molecular complexity index is 1380. The molecule has 35 heavy (non-hydrogen) atoms. The summed E-state index contributed by atoms with van der Waals surface area (Å²) in [4.78, 5) is 17.7. The molecule has 0 fully saturated rings. The van der Waals surface area contributed by atoms with Crippen LogP contribution in [0.1, 0.15) is 11.1 Å². The molecule has 0 aliphatic heterocycles. The van der Waals surface area contributed by atoms with E-state index in [9.17, 15) is 9.18 Å². The van der Waals surface area contributed by atoms with E-state index in [1.165, 1.54) is 50.8 Å².